The van der Waals surface area contributed by atoms with Crippen molar-refractivity contribution in [3.8, 4) is 12.3 Å². The first kappa shape index (κ1) is 9.85. The lowest BCUT2D eigenvalue weighted by molar-refractivity contribution is -0.125. The second-order valence-corrected chi connectivity index (χ2v) is 3.28. The molecule has 0 spiro atoms. The van der Waals surface area contributed by atoms with Crippen molar-refractivity contribution in [2.45, 2.75) is 32.2 Å². The minimum atomic E-state index is -0.104. The van der Waals surface area contributed by atoms with E-state index in [4.69, 9.17) is 6.42 Å². The summed E-state index contributed by atoms with van der Waals surface area (Å²) in [6.45, 7) is 1.97. The Morgan fingerprint density at radius 3 is 2.77 bits per heavy atom. The van der Waals surface area contributed by atoms with E-state index in [9.17, 15) is 4.79 Å². The van der Waals surface area contributed by atoms with Gasteiger partial charge in [-0.05, 0) is 19.3 Å². The second kappa shape index (κ2) is 4.71. The van der Waals surface area contributed by atoms with E-state index in [1.165, 1.54) is 0 Å². The Morgan fingerprint density at radius 2 is 2.31 bits per heavy atom. The zero-order valence-corrected chi connectivity index (χ0v) is 7.92. The molecular weight excluding hydrogens is 162 g/mol. The van der Waals surface area contributed by atoms with E-state index >= 15 is 0 Å². The fraction of sp³-hybridized carbons (Fsp3) is 0.545. The topological polar surface area (TPSA) is 29.1 Å². The number of terminal acetylenes is 1. The summed E-state index contributed by atoms with van der Waals surface area (Å²) in [6.07, 6.45) is 11.8. The van der Waals surface area contributed by atoms with Crippen molar-refractivity contribution >= 4 is 5.91 Å². The summed E-state index contributed by atoms with van der Waals surface area (Å²) in [5.74, 6) is 2.76. The van der Waals surface area contributed by atoms with Crippen molar-refractivity contribution in [2.75, 3.05) is 0 Å². The lowest BCUT2D eigenvalue weighted by Gasteiger charge is -2.14. The van der Waals surface area contributed by atoms with Crippen molar-refractivity contribution in [2.24, 2.45) is 5.92 Å². The molecule has 1 N–H and O–H groups in total. The van der Waals surface area contributed by atoms with Crippen LogP contribution in [0.2, 0.25) is 0 Å². The zero-order valence-electron chi connectivity index (χ0n) is 7.92. The maximum atomic E-state index is 11.5. The fourth-order valence-corrected chi connectivity index (χ4v) is 1.38. The van der Waals surface area contributed by atoms with Crippen molar-refractivity contribution in [1.29, 1.82) is 0 Å². The monoisotopic (exact) mass is 177 g/mol. The summed E-state index contributed by atoms with van der Waals surface area (Å²) in [6, 6.07) is -0.104. The number of rotatable bonds is 3. The molecule has 1 aliphatic carbocycles. The van der Waals surface area contributed by atoms with Gasteiger partial charge in [0.2, 0.25) is 5.91 Å². The van der Waals surface area contributed by atoms with E-state index in [1.54, 1.807) is 0 Å². The van der Waals surface area contributed by atoms with Gasteiger partial charge < -0.3 is 5.32 Å². The van der Waals surface area contributed by atoms with Crippen LogP contribution in [0.25, 0.3) is 0 Å². The molecule has 0 fully saturated rings. The molecule has 70 valence electrons. The Bertz CT molecular complexity index is 241. The van der Waals surface area contributed by atoms with Crippen molar-refractivity contribution in [3.05, 3.63) is 12.2 Å². The van der Waals surface area contributed by atoms with Crippen LogP contribution < -0.4 is 5.32 Å². The van der Waals surface area contributed by atoms with Gasteiger partial charge in [-0.3, -0.25) is 4.79 Å². The molecule has 1 atom stereocenters. The third-order valence-corrected chi connectivity index (χ3v) is 2.30. The van der Waals surface area contributed by atoms with Crippen LogP contribution in [0.3, 0.4) is 0 Å². The van der Waals surface area contributed by atoms with Gasteiger partial charge in [-0.15, -0.1) is 6.42 Å². The van der Waals surface area contributed by atoms with Gasteiger partial charge in [0, 0.05) is 5.92 Å². The molecule has 0 heterocycles. The Morgan fingerprint density at radius 1 is 1.69 bits per heavy atom. The lowest BCUT2D eigenvalue weighted by Crippen LogP contribution is -2.37. The summed E-state index contributed by atoms with van der Waals surface area (Å²) in [4.78, 5) is 11.5. The van der Waals surface area contributed by atoms with Gasteiger partial charge in [-0.1, -0.05) is 25.0 Å². The Labute approximate surface area is 79.4 Å². The summed E-state index contributed by atoms with van der Waals surface area (Å²) < 4.78 is 0. The SMILES string of the molecule is C#CC(CC)NC(=O)C1CC=CC1. The quantitative estimate of drug-likeness (QED) is 0.513. The fourth-order valence-electron chi connectivity index (χ4n) is 1.38. The Hall–Kier alpha value is -1.23. The van der Waals surface area contributed by atoms with Gasteiger partial charge >= 0.3 is 0 Å². The highest BCUT2D eigenvalue weighted by Crippen LogP contribution is 2.17. The maximum absolute atomic E-state index is 11.5. The van der Waals surface area contributed by atoms with E-state index < -0.39 is 0 Å². The van der Waals surface area contributed by atoms with Gasteiger partial charge in [-0.25, -0.2) is 0 Å². The molecule has 0 bridgehead atoms. The molecule has 0 aromatic rings. The van der Waals surface area contributed by atoms with E-state index in [0.717, 1.165) is 19.3 Å². The first-order chi connectivity index (χ1) is 6.27. The highest BCUT2D eigenvalue weighted by Gasteiger charge is 2.20. The molecule has 0 aliphatic heterocycles. The van der Waals surface area contributed by atoms with Crippen LogP contribution in [0.5, 0.6) is 0 Å². The Balaban J connectivity index is 2.36. The Kier molecular flexibility index (Phi) is 3.57. The number of hydrogen-bond acceptors (Lipinski definition) is 1. The predicted octanol–water partition coefficient (Wildman–Crippen LogP) is 1.48. The first-order valence-electron chi connectivity index (χ1n) is 4.69. The minimum Gasteiger partial charge on any atom is -0.342 e. The molecule has 1 aliphatic rings. The molecule has 1 unspecified atom stereocenters. The van der Waals surface area contributed by atoms with Crippen LogP contribution in [0.1, 0.15) is 26.2 Å². The largest absolute Gasteiger partial charge is 0.342 e. The van der Waals surface area contributed by atoms with Gasteiger partial charge in [-0.2, -0.15) is 0 Å². The smallest absolute Gasteiger partial charge is 0.224 e. The summed E-state index contributed by atoms with van der Waals surface area (Å²) in [5, 5.41) is 2.84. The third-order valence-electron chi connectivity index (χ3n) is 2.30. The molecule has 1 rings (SSSR count). The molecule has 0 saturated carbocycles. The van der Waals surface area contributed by atoms with Gasteiger partial charge in [0.25, 0.3) is 0 Å². The molecule has 0 radical (unpaired) electrons. The highest BCUT2D eigenvalue weighted by atomic mass is 16.1. The summed E-state index contributed by atoms with van der Waals surface area (Å²) in [5.41, 5.74) is 0. The number of carbonyl (C=O) groups is 1. The maximum Gasteiger partial charge on any atom is 0.224 e. The number of hydrogen-bond donors (Lipinski definition) is 1. The van der Waals surface area contributed by atoms with Crippen LogP contribution in [0, 0.1) is 18.3 Å². The lowest BCUT2D eigenvalue weighted by atomic mass is 10.1. The van der Waals surface area contributed by atoms with Gasteiger partial charge in [0.1, 0.15) is 0 Å². The molecule has 0 saturated heterocycles. The van der Waals surface area contributed by atoms with Crippen molar-refractivity contribution in [3.63, 3.8) is 0 Å². The third kappa shape index (κ3) is 2.62. The van der Waals surface area contributed by atoms with Crippen molar-refractivity contribution < 1.29 is 4.79 Å². The molecule has 1 amide bonds. The number of nitrogens with one attached hydrogen (secondary N) is 1. The highest BCUT2D eigenvalue weighted by molar-refractivity contribution is 5.80. The average molecular weight is 177 g/mol. The standard InChI is InChI=1S/C11H15NO/c1-3-10(4-2)12-11(13)9-7-5-6-8-9/h1,5-6,9-10H,4,7-8H2,2H3,(H,12,13). The minimum absolute atomic E-state index is 0.0924. The van der Waals surface area contributed by atoms with Crippen LogP contribution in [-0.4, -0.2) is 11.9 Å². The normalized spacial score (nSPS) is 18.2. The van der Waals surface area contributed by atoms with E-state index in [1.807, 2.05) is 19.1 Å². The van der Waals surface area contributed by atoms with Crippen LogP contribution in [0.4, 0.5) is 0 Å². The zero-order chi connectivity index (χ0) is 9.68. The number of amides is 1. The van der Waals surface area contributed by atoms with Gasteiger partial charge in [0.15, 0.2) is 0 Å². The molecule has 0 aromatic carbocycles. The van der Waals surface area contributed by atoms with E-state index in [0.29, 0.717) is 0 Å². The first-order valence-corrected chi connectivity index (χ1v) is 4.69. The second-order valence-electron chi connectivity index (χ2n) is 3.28. The summed E-state index contributed by atoms with van der Waals surface area (Å²) >= 11 is 0. The molecule has 2 heteroatoms. The molecule has 13 heavy (non-hydrogen) atoms. The van der Waals surface area contributed by atoms with Crippen LogP contribution in [-0.2, 0) is 4.79 Å². The number of carbonyl (C=O) groups excluding carboxylic acids is 1. The van der Waals surface area contributed by atoms with Gasteiger partial charge in [0.05, 0.1) is 6.04 Å². The molecular formula is C11H15NO. The van der Waals surface area contributed by atoms with Crippen LogP contribution in [0.15, 0.2) is 12.2 Å². The summed E-state index contributed by atoms with van der Waals surface area (Å²) in [7, 11) is 0. The molecule has 0 aromatic heterocycles. The van der Waals surface area contributed by atoms with E-state index in [2.05, 4.69) is 11.2 Å². The molecule has 2 nitrogen and oxygen atoms in total. The predicted molar refractivity (Wildman–Crippen MR) is 52.9 cm³/mol. The van der Waals surface area contributed by atoms with E-state index in [-0.39, 0.29) is 17.9 Å². The number of allylic oxidation sites excluding steroid dienone is 2. The van der Waals surface area contributed by atoms with Crippen molar-refractivity contribution in [1.82, 2.24) is 5.32 Å². The van der Waals surface area contributed by atoms with Crippen LogP contribution >= 0.6 is 0 Å². The average Bonchev–Trinajstić information content (AvgIpc) is 2.66.